The molecule has 1 aromatic carbocycles. The van der Waals surface area contributed by atoms with Gasteiger partial charge >= 0.3 is 5.97 Å². The van der Waals surface area contributed by atoms with Crippen molar-refractivity contribution in [2.45, 2.75) is 64.3 Å². The van der Waals surface area contributed by atoms with E-state index in [1.54, 1.807) is 17.0 Å². The van der Waals surface area contributed by atoms with Gasteiger partial charge in [-0.1, -0.05) is 11.6 Å². The molecule has 13 heteroatoms. The van der Waals surface area contributed by atoms with Gasteiger partial charge in [-0.15, -0.1) is 0 Å². The molecule has 3 saturated carbocycles. The van der Waals surface area contributed by atoms with E-state index in [1.807, 2.05) is 11.8 Å². The summed E-state index contributed by atoms with van der Waals surface area (Å²) in [6, 6.07) is 2.69. The monoisotopic (exact) mass is 649 g/mol. The Balaban J connectivity index is 1.38. The predicted octanol–water partition coefficient (Wildman–Crippen LogP) is 3.62. The molecule has 0 unspecified atom stereocenters. The molecule has 5 aliphatic rings. The number of rotatable bonds is 9. The van der Waals surface area contributed by atoms with Gasteiger partial charge in [0.2, 0.25) is 11.8 Å². The Bertz CT molecular complexity index is 1420. The number of alkyl halides is 2. The van der Waals surface area contributed by atoms with E-state index in [0.29, 0.717) is 66.9 Å². The number of hydrazine groups is 1. The first-order valence-electron chi connectivity index (χ1n) is 15.6. The molecular formula is C32H42ClF2N5O5. The van der Waals surface area contributed by atoms with Gasteiger partial charge < -0.3 is 30.0 Å². The van der Waals surface area contributed by atoms with Crippen LogP contribution in [0.5, 0.6) is 5.75 Å². The summed E-state index contributed by atoms with van der Waals surface area (Å²) >= 11 is 6.73. The first kappa shape index (κ1) is 31.8. The Morgan fingerprint density at radius 2 is 1.96 bits per heavy atom. The smallest absolute Gasteiger partial charge is 0.312 e. The van der Waals surface area contributed by atoms with Crippen LogP contribution in [-0.2, 0) is 25.5 Å². The molecule has 0 aromatic heterocycles. The molecule has 246 valence electrons. The van der Waals surface area contributed by atoms with E-state index in [2.05, 4.69) is 0 Å². The standard InChI is InChI=1S/C32H42ClF2N5O5/c1-31(30(43)44-3)12-18-10-17(18)11-20(31)29(42)40-9-6-19-21(33)4-5-24(45-15-22(36)27(28(34)35)38(2)37)26(19)23(40)14-39-16-32(7-8-32)13-25(39)41/h4-5,17-18,20,23,28H,6-16,36-37H2,1-3H3/b27-22-/t17-,18+,20-,23+,31-/m0/s1. The van der Waals surface area contributed by atoms with Crippen molar-refractivity contribution in [3.8, 4) is 5.75 Å². The maximum Gasteiger partial charge on any atom is 0.312 e. The lowest BCUT2D eigenvalue weighted by Gasteiger charge is -2.45. The summed E-state index contributed by atoms with van der Waals surface area (Å²) in [5.41, 5.74) is 5.66. The molecule has 3 aliphatic carbocycles. The van der Waals surface area contributed by atoms with Crippen LogP contribution >= 0.6 is 11.6 Å². The van der Waals surface area contributed by atoms with Crippen LogP contribution in [0, 0.1) is 28.6 Å². The summed E-state index contributed by atoms with van der Waals surface area (Å²) < 4.78 is 38.7. The van der Waals surface area contributed by atoms with Crippen LogP contribution in [0.15, 0.2) is 23.5 Å². The van der Waals surface area contributed by atoms with Crippen molar-refractivity contribution in [1.29, 1.82) is 0 Å². The van der Waals surface area contributed by atoms with E-state index >= 15 is 0 Å². The summed E-state index contributed by atoms with van der Waals surface area (Å²) in [6.07, 6.45) is 2.16. The highest BCUT2D eigenvalue weighted by Crippen LogP contribution is 2.59. The number of benzene rings is 1. The van der Waals surface area contributed by atoms with Crippen LogP contribution in [-0.4, -0.2) is 79.4 Å². The predicted molar refractivity (Wildman–Crippen MR) is 162 cm³/mol. The number of halogens is 3. The molecule has 1 saturated heterocycles. The second kappa shape index (κ2) is 11.6. The maximum absolute atomic E-state index is 14.7. The van der Waals surface area contributed by atoms with Gasteiger partial charge in [-0.2, -0.15) is 0 Å². The third kappa shape index (κ3) is 5.73. The Hall–Kier alpha value is -3.12. The van der Waals surface area contributed by atoms with Crippen LogP contribution in [0.1, 0.15) is 62.6 Å². The topological polar surface area (TPSA) is 131 Å². The van der Waals surface area contributed by atoms with E-state index in [0.717, 1.165) is 29.8 Å². The van der Waals surface area contributed by atoms with Gasteiger partial charge in [-0.25, -0.2) is 14.6 Å². The van der Waals surface area contributed by atoms with E-state index in [1.165, 1.54) is 14.2 Å². The lowest BCUT2D eigenvalue weighted by molar-refractivity contribution is -0.165. The number of nitrogens with two attached hydrogens (primary N) is 2. The lowest BCUT2D eigenvalue weighted by Crippen LogP contribution is -2.53. The Morgan fingerprint density at radius 3 is 2.58 bits per heavy atom. The summed E-state index contributed by atoms with van der Waals surface area (Å²) in [5, 5.41) is 1.25. The number of methoxy groups -OCH3 is 1. The van der Waals surface area contributed by atoms with Crippen molar-refractivity contribution in [3.63, 3.8) is 0 Å². The second-order valence-electron chi connectivity index (χ2n) is 14.0. The van der Waals surface area contributed by atoms with E-state index in [9.17, 15) is 23.2 Å². The highest BCUT2D eigenvalue weighted by Gasteiger charge is 2.59. The highest BCUT2D eigenvalue weighted by atomic mass is 35.5. The summed E-state index contributed by atoms with van der Waals surface area (Å²) in [7, 11) is 2.63. The van der Waals surface area contributed by atoms with Crippen LogP contribution in [0.25, 0.3) is 0 Å². The number of nitrogens with zero attached hydrogens (tertiary/aromatic N) is 3. The molecule has 6 rings (SSSR count). The van der Waals surface area contributed by atoms with Gasteiger partial charge in [0.1, 0.15) is 18.1 Å². The number of ether oxygens (including phenoxy) is 2. The average molecular weight is 650 g/mol. The Labute approximate surface area is 266 Å². The average Bonchev–Trinajstić information content (AvgIpc) is 3.89. The Morgan fingerprint density at radius 1 is 1.22 bits per heavy atom. The van der Waals surface area contributed by atoms with Crippen molar-refractivity contribution in [2.75, 3.05) is 40.4 Å². The molecule has 10 nitrogen and oxygen atoms in total. The van der Waals surface area contributed by atoms with Gasteiger partial charge in [-0.3, -0.25) is 14.4 Å². The normalized spacial score (nSPS) is 30.1. The van der Waals surface area contributed by atoms with E-state index in [4.69, 9.17) is 32.7 Å². The minimum Gasteiger partial charge on any atom is -0.487 e. The summed E-state index contributed by atoms with van der Waals surface area (Å²) in [4.78, 5) is 44.7. The number of likely N-dealkylation sites (tertiary alicyclic amines) is 1. The molecule has 0 radical (unpaired) electrons. The van der Waals surface area contributed by atoms with Crippen LogP contribution in [0.3, 0.4) is 0 Å². The van der Waals surface area contributed by atoms with Crippen LogP contribution in [0.2, 0.25) is 5.02 Å². The third-order valence-electron chi connectivity index (χ3n) is 10.9. The quantitative estimate of drug-likeness (QED) is 0.236. The van der Waals surface area contributed by atoms with E-state index in [-0.39, 0.29) is 42.0 Å². The minimum absolute atomic E-state index is 0.00403. The first-order valence-corrected chi connectivity index (χ1v) is 16.0. The van der Waals surface area contributed by atoms with Crippen molar-refractivity contribution < 1.29 is 32.6 Å². The lowest BCUT2D eigenvalue weighted by atomic mass is 9.66. The number of carbonyl (C=O) groups is 3. The molecule has 4 N–H and O–H groups in total. The van der Waals surface area contributed by atoms with Crippen molar-refractivity contribution in [1.82, 2.24) is 14.8 Å². The molecule has 0 bridgehead atoms. The van der Waals surface area contributed by atoms with Gasteiger partial charge in [0.15, 0.2) is 0 Å². The number of esters is 1. The molecule has 5 atom stereocenters. The molecule has 1 spiro atoms. The number of carbonyl (C=O) groups excluding carboxylic acids is 3. The third-order valence-corrected chi connectivity index (χ3v) is 11.3. The van der Waals surface area contributed by atoms with Gasteiger partial charge in [0.05, 0.1) is 30.2 Å². The number of hydrogen-bond donors (Lipinski definition) is 2. The van der Waals surface area contributed by atoms with E-state index < -0.39 is 29.5 Å². The van der Waals surface area contributed by atoms with Crippen molar-refractivity contribution >= 4 is 29.4 Å². The highest BCUT2D eigenvalue weighted by molar-refractivity contribution is 6.31. The molecule has 1 aromatic rings. The van der Waals surface area contributed by atoms with Crippen LogP contribution in [0.4, 0.5) is 8.78 Å². The summed E-state index contributed by atoms with van der Waals surface area (Å²) in [5.74, 6) is 5.66. The Kier molecular flexibility index (Phi) is 8.21. The van der Waals surface area contributed by atoms with Gasteiger partial charge in [-0.05, 0) is 80.4 Å². The molecular weight excluding hydrogens is 608 g/mol. The number of allylic oxidation sites excluding steroid dienone is 1. The zero-order valence-electron chi connectivity index (χ0n) is 26.0. The molecule has 4 fully saturated rings. The second-order valence-corrected chi connectivity index (χ2v) is 14.4. The van der Waals surface area contributed by atoms with Gasteiger partial charge in [0, 0.05) is 43.7 Å². The fraction of sp³-hybridized carbons (Fsp3) is 0.656. The fourth-order valence-corrected chi connectivity index (χ4v) is 8.37. The molecule has 2 heterocycles. The largest absolute Gasteiger partial charge is 0.487 e. The number of fused-ring (bicyclic) bond motifs is 2. The zero-order chi connectivity index (χ0) is 32.4. The maximum atomic E-state index is 14.7. The SMILES string of the molecule is COC(=O)[C@@]1(C)C[C@H]2C[C@H]2C[C@H]1C(=O)N1CCc2c(Cl)ccc(OC/C(N)=C(\C(F)F)N(C)N)c2[C@H]1CN1CC2(CC2)CC1=O. The molecule has 45 heavy (non-hydrogen) atoms. The van der Waals surface area contributed by atoms with Crippen molar-refractivity contribution in [2.24, 2.45) is 40.2 Å². The van der Waals surface area contributed by atoms with Gasteiger partial charge in [0.25, 0.3) is 6.43 Å². The first-order chi connectivity index (χ1) is 21.3. The number of amides is 2. The fourth-order valence-electron chi connectivity index (χ4n) is 8.11. The zero-order valence-corrected chi connectivity index (χ0v) is 26.7. The molecule has 2 aliphatic heterocycles. The van der Waals surface area contributed by atoms with Crippen LogP contribution < -0.4 is 16.3 Å². The minimum atomic E-state index is -2.91. The van der Waals surface area contributed by atoms with Crippen molar-refractivity contribution in [3.05, 3.63) is 39.7 Å². The molecule has 2 amide bonds. The number of hydrogen-bond acceptors (Lipinski definition) is 8. The summed E-state index contributed by atoms with van der Waals surface area (Å²) in [6.45, 7) is 2.62.